The van der Waals surface area contributed by atoms with Crippen LogP contribution in [0, 0.1) is 6.92 Å². The lowest BCUT2D eigenvalue weighted by molar-refractivity contribution is -0.118. The third-order valence-corrected chi connectivity index (χ3v) is 2.89. The Labute approximate surface area is 95.7 Å². The van der Waals surface area contributed by atoms with Crippen molar-refractivity contribution in [1.82, 2.24) is 4.98 Å². The van der Waals surface area contributed by atoms with Crippen LogP contribution in [0.5, 0.6) is 0 Å². The second kappa shape index (κ2) is 6.56. The number of aryl methyl sites for hydroxylation is 1. The highest BCUT2D eigenvalue weighted by Crippen LogP contribution is 2.28. The van der Waals surface area contributed by atoms with E-state index in [4.69, 9.17) is 5.73 Å². The highest BCUT2D eigenvalue weighted by molar-refractivity contribution is 7.15. The second-order valence-electron chi connectivity index (χ2n) is 3.07. The molecule has 1 rings (SSSR count). The molecule has 2 N–H and O–H groups in total. The van der Waals surface area contributed by atoms with Gasteiger partial charge < -0.3 is 5.73 Å². The van der Waals surface area contributed by atoms with E-state index in [0.29, 0.717) is 5.13 Å². The lowest BCUT2D eigenvalue weighted by Crippen LogP contribution is -2.09. The number of carbonyl (C=O) groups excluding carboxylic acids is 1. The second-order valence-corrected chi connectivity index (χ2v) is 4.30. The molecule has 1 aromatic heterocycles. The van der Waals surface area contributed by atoms with Crippen LogP contribution < -0.4 is 5.73 Å². The summed E-state index contributed by atoms with van der Waals surface area (Å²) in [4.78, 5) is 16.5. The summed E-state index contributed by atoms with van der Waals surface area (Å²) in [5.74, 6) is 0.0875. The summed E-state index contributed by atoms with van der Waals surface area (Å²) in [6, 6.07) is 0. The Hall–Kier alpha value is -0.900. The molecule has 1 atom stereocenters. The maximum atomic E-state index is 11.3. The summed E-state index contributed by atoms with van der Waals surface area (Å²) >= 11 is 1.44. The van der Waals surface area contributed by atoms with Gasteiger partial charge in [0.1, 0.15) is 5.78 Å². The van der Waals surface area contributed by atoms with E-state index in [0.717, 1.165) is 17.0 Å². The monoisotopic (exact) mass is 228 g/mol. The Morgan fingerprint density at radius 2 is 2.07 bits per heavy atom. The molecule has 1 unspecified atom stereocenters. The third-order valence-electron chi connectivity index (χ3n) is 2.08. The van der Waals surface area contributed by atoms with Crippen molar-refractivity contribution in [2.24, 2.45) is 0 Å². The molecular formula is C11H20N2OS. The summed E-state index contributed by atoms with van der Waals surface area (Å²) in [6.07, 6.45) is 0.791. The average molecular weight is 228 g/mol. The first-order valence-corrected chi connectivity index (χ1v) is 6.11. The van der Waals surface area contributed by atoms with Crippen molar-refractivity contribution in [2.45, 2.75) is 47.0 Å². The molecule has 1 aromatic rings. The zero-order valence-electron chi connectivity index (χ0n) is 10.1. The minimum Gasteiger partial charge on any atom is -0.375 e. The molecule has 0 bridgehead atoms. The fraction of sp³-hybridized carbons (Fsp3) is 0.636. The van der Waals surface area contributed by atoms with Gasteiger partial charge in [-0.25, -0.2) is 4.98 Å². The standard InChI is InChI=1S/C9H14N2OS.C2H6/c1-4-7(5(2)12)8-6(3)13-9(10)11-8;1-2/h7H,4H2,1-3H3,(H2,10,11);1-2H3. The summed E-state index contributed by atoms with van der Waals surface area (Å²) in [7, 11) is 0. The molecule has 0 amide bonds. The number of aromatic nitrogens is 1. The van der Waals surface area contributed by atoms with Gasteiger partial charge in [0.15, 0.2) is 5.13 Å². The highest BCUT2D eigenvalue weighted by atomic mass is 32.1. The minimum atomic E-state index is -0.0754. The SMILES string of the molecule is CC.CCC(C(C)=O)c1nc(N)sc1C. The quantitative estimate of drug-likeness (QED) is 0.864. The van der Waals surface area contributed by atoms with E-state index in [-0.39, 0.29) is 11.7 Å². The number of hydrogen-bond donors (Lipinski definition) is 1. The van der Waals surface area contributed by atoms with Crippen molar-refractivity contribution < 1.29 is 4.79 Å². The molecule has 86 valence electrons. The molecule has 3 nitrogen and oxygen atoms in total. The van der Waals surface area contributed by atoms with Crippen LogP contribution in [-0.4, -0.2) is 10.8 Å². The van der Waals surface area contributed by atoms with Crippen LogP contribution in [0.2, 0.25) is 0 Å². The number of nitrogens with zero attached hydrogens (tertiary/aromatic N) is 1. The Kier molecular flexibility index (Phi) is 6.17. The predicted octanol–water partition coefficient (Wildman–Crippen LogP) is 3.14. The van der Waals surface area contributed by atoms with Crippen molar-refractivity contribution in [3.05, 3.63) is 10.6 Å². The molecule has 1 heterocycles. The Morgan fingerprint density at radius 3 is 2.33 bits per heavy atom. The van der Waals surface area contributed by atoms with Crippen LogP contribution in [0.4, 0.5) is 5.13 Å². The molecule has 15 heavy (non-hydrogen) atoms. The van der Waals surface area contributed by atoms with E-state index in [9.17, 15) is 4.79 Å². The van der Waals surface area contributed by atoms with Crippen LogP contribution in [0.25, 0.3) is 0 Å². The van der Waals surface area contributed by atoms with E-state index in [1.807, 2.05) is 27.7 Å². The largest absolute Gasteiger partial charge is 0.375 e. The van der Waals surface area contributed by atoms with E-state index in [1.165, 1.54) is 11.3 Å². The van der Waals surface area contributed by atoms with Gasteiger partial charge in [0, 0.05) is 4.88 Å². The summed E-state index contributed by atoms with van der Waals surface area (Å²) < 4.78 is 0. The molecule has 0 fully saturated rings. The van der Waals surface area contributed by atoms with E-state index in [2.05, 4.69) is 4.98 Å². The third kappa shape index (κ3) is 3.63. The van der Waals surface area contributed by atoms with Gasteiger partial charge in [-0.2, -0.15) is 0 Å². The maximum absolute atomic E-state index is 11.3. The van der Waals surface area contributed by atoms with Gasteiger partial charge in [-0.3, -0.25) is 4.79 Å². The molecule has 0 saturated heterocycles. The number of carbonyl (C=O) groups is 1. The van der Waals surface area contributed by atoms with Crippen molar-refractivity contribution in [3.63, 3.8) is 0 Å². The lowest BCUT2D eigenvalue weighted by Gasteiger charge is -2.08. The number of Topliss-reactive ketones (excluding diaryl/α,β-unsaturated/α-hetero) is 1. The molecule has 4 heteroatoms. The van der Waals surface area contributed by atoms with Gasteiger partial charge in [-0.1, -0.05) is 20.8 Å². The van der Waals surface area contributed by atoms with E-state index >= 15 is 0 Å². The summed E-state index contributed by atoms with van der Waals surface area (Å²) in [6.45, 7) is 9.54. The molecule has 0 spiro atoms. The van der Waals surface area contributed by atoms with Gasteiger partial charge >= 0.3 is 0 Å². The van der Waals surface area contributed by atoms with Crippen molar-refractivity contribution in [2.75, 3.05) is 5.73 Å². The van der Waals surface area contributed by atoms with Crippen LogP contribution in [0.15, 0.2) is 0 Å². The first-order valence-electron chi connectivity index (χ1n) is 5.29. The number of hydrogen-bond acceptors (Lipinski definition) is 4. The number of ketones is 1. The first kappa shape index (κ1) is 14.1. The van der Waals surface area contributed by atoms with Gasteiger partial charge in [-0.15, -0.1) is 11.3 Å². The smallest absolute Gasteiger partial charge is 0.180 e. The van der Waals surface area contributed by atoms with E-state index in [1.54, 1.807) is 6.92 Å². The fourth-order valence-electron chi connectivity index (χ4n) is 1.43. The molecule has 0 aliphatic rings. The average Bonchev–Trinajstić information content (AvgIpc) is 2.50. The molecule has 0 aliphatic carbocycles. The van der Waals surface area contributed by atoms with Crippen LogP contribution in [-0.2, 0) is 4.79 Å². The predicted molar refractivity (Wildman–Crippen MR) is 66.3 cm³/mol. The van der Waals surface area contributed by atoms with E-state index < -0.39 is 0 Å². The molecule has 0 aromatic carbocycles. The van der Waals surface area contributed by atoms with Gasteiger partial charge in [0.05, 0.1) is 11.6 Å². The Bertz CT molecular complexity index is 320. The normalized spacial score (nSPS) is 11.5. The fourth-order valence-corrected chi connectivity index (χ4v) is 2.18. The molecule has 0 aliphatic heterocycles. The van der Waals surface area contributed by atoms with Crippen LogP contribution in [0.1, 0.15) is 50.6 Å². The van der Waals surface area contributed by atoms with Crippen molar-refractivity contribution in [3.8, 4) is 0 Å². The van der Waals surface area contributed by atoms with Crippen molar-refractivity contribution in [1.29, 1.82) is 0 Å². The van der Waals surface area contributed by atoms with Crippen LogP contribution in [0.3, 0.4) is 0 Å². The Balaban J connectivity index is 0.000000921. The molecule has 0 saturated carbocycles. The van der Waals surface area contributed by atoms with Gasteiger partial charge in [0.25, 0.3) is 0 Å². The van der Waals surface area contributed by atoms with Gasteiger partial charge in [-0.05, 0) is 20.3 Å². The number of anilines is 1. The Morgan fingerprint density at radius 1 is 1.53 bits per heavy atom. The minimum absolute atomic E-state index is 0.0754. The molecular weight excluding hydrogens is 208 g/mol. The van der Waals surface area contributed by atoms with Gasteiger partial charge in [0.2, 0.25) is 0 Å². The number of nitrogen functional groups attached to an aromatic ring is 1. The maximum Gasteiger partial charge on any atom is 0.180 e. The summed E-state index contributed by atoms with van der Waals surface area (Å²) in [5.41, 5.74) is 6.43. The molecule has 0 radical (unpaired) electrons. The zero-order chi connectivity index (χ0) is 12.0. The van der Waals surface area contributed by atoms with Crippen LogP contribution >= 0.6 is 11.3 Å². The topological polar surface area (TPSA) is 56.0 Å². The summed E-state index contributed by atoms with van der Waals surface area (Å²) in [5, 5.41) is 0.548. The van der Waals surface area contributed by atoms with Crippen molar-refractivity contribution >= 4 is 22.3 Å². The zero-order valence-corrected chi connectivity index (χ0v) is 10.9. The number of rotatable bonds is 3. The number of nitrogens with two attached hydrogens (primary N) is 1. The first-order chi connectivity index (χ1) is 7.06. The number of thiazole rings is 1. The lowest BCUT2D eigenvalue weighted by atomic mass is 9.98. The highest BCUT2D eigenvalue weighted by Gasteiger charge is 2.20.